The standard InChI is InChI=1S/C10H9BrN4O/c1-15-5-4-9(14-15)13-10(16)7-2-3-8(11)12-6-7/h2-6H,1H3,(H,13,14,16). The lowest BCUT2D eigenvalue weighted by atomic mass is 10.3. The van der Waals surface area contributed by atoms with Crippen molar-refractivity contribution in [2.45, 2.75) is 0 Å². The first-order chi connectivity index (χ1) is 7.65. The number of carbonyl (C=O) groups is 1. The van der Waals surface area contributed by atoms with Crippen molar-refractivity contribution < 1.29 is 4.79 Å². The smallest absolute Gasteiger partial charge is 0.258 e. The van der Waals surface area contributed by atoms with Crippen LogP contribution < -0.4 is 5.32 Å². The Kier molecular flexibility index (Phi) is 3.00. The van der Waals surface area contributed by atoms with Crippen LogP contribution in [0.1, 0.15) is 10.4 Å². The lowest BCUT2D eigenvalue weighted by Crippen LogP contribution is -2.12. The Morgan fingerprint density at radius 2 is 2.25 bits per heavy atom. The molecule has 2 aromatic heterocycles. The van der Waals surface area contributed by atoms with Gasteiger partial charge in [0.15, 0.2) is 5.82 Å². The van der Waals surface area contributed by atoms with Crippen molar-refractivity contribution in [3.8, 4) is 0 Å². The third-order valence-corrected chi connectivity index (χ3v) is 2.41. The van der Waals surface area contributed by atoms with Crippen molar-refractivity contribution in [1.29, 1.82) is 0 Å². The number of anilines is 1. The molecule has 0 aliphatic carbocycles. The van der Waals surface area contributed by atoms with E-state index >= 15 is 0 Å². The van der Waals surface area contributed by atoms with Gasteiger partial charge in [0.25, 0.3) is 5.91 Å². The van der Waals surface area contributed by atoms with Gasteiger partial charge in [-0.2, -0.15) is 5.10 Å². The van der Waals surface area contributed by atoms with Crippen molar-refractivity contribution in [2.24, 2.45) is 7.05 Å². The molecule has 6 heteroatoms. The van der Waals surface area contributed by atoms with E-state index in [-0.39, 0.29) is 5.91 Å². The molecule has 0 atom stereocenters. The Labute approximate surface area is 101 Å². The van der Waals surface area contributed by atoms with Crippen molar-refractivity contribution >= 4 is 27.7 Å². The summed E-state index contributed by atoms with van der Waals surface area (Å²) >= 11 is 3.21. The van der Waals surface area contributed by atoms with E-state index in [0.29, 0.717) is 16.0 Å². The Morgan fingerprint density at radius 3 is 2.81 bits per heavy atom. The van der Waals surface area contributed by atoms with E-state index in [2.05, 4.69) is 31.3 Å². The number of nitrogens with zero attached hydrogens (tertiary/aromatic N) is 3. The van der Waals surface area contributed by atoms with E-state index in [9.17, 15) is 4.79 Å². The molecule has 16 heavy (non-hydrogen) atoms. The van der Waals surface area contributed by atoms with Gasteiger partial charge in [0.2, 0.25) is 0 Å². The molecule has 0 radical (unpaired) electrons. The fraction of sp³-hybridized carbons (Fsp3) is 0.100. The van der Waals surface area contributed by atoms with Gasteiger partial charge >= 0.3 is 0 Å². The SMILES string of the molecule is Cn1ccc(NC(=O)c2ccc(Br)nc2)n1. The number of halogens is 1. The minimum atomic E-state index is -0.223. The molecule has 1 N–H and O–H groups in total. The first kappa shape index (κ1) is 10.8. The normalized spacial score (nSPS) is 10.1. The predicted octanol–water partition coefficient (Wildman–Crippen LogP) is 1.83. The van der Waals surface area contributed by atoms with Crippen LogP contribution in [0.4, 0.5) is 5.82 Å². The third-order valence-electron chi connectivity index (χ3n) is 1.94. The number of amides is 1. The highest BCUT2D eigenvalue weighted by atomic mass is 79.9. The van der Waals surface area contributed by atoms with Crippen LogP contribution >= 0.6 is 15.9 Å². The number of aromatic nitrogens is 3. The lowest BCUT2D eigenvalue weighted by molar-refractivity contribution is 0.102. The summed E-state index contributed by atoms with van der Waals surface area (Å²) in [4.78, 5) is 15.7. The number of aryl methyl sites for hydroxylation is 1. The fourth-order valence-electron chi connectivity index (χ4n) is 1.18. The largest absolute Gasteiger partial charge is 0.305 e. The highest BCUT2D eigenvalue weighted by Crippen LogP contribution is 2.08. The molecule has 2 heterocycles. The summed E-state index contributed by atoms with van der Waals surface area (Å²) in [5, 5.41) is 6.72. The summed E-state index contributed by atoms with van der Waals surface area (Å²) in [6.45, 7) is 0. The second-order valence-corrected chi connectivity index (χ2v) is 4.01. The van der Waals surface area contributed by atoms with E-state index in [1.54, 1.807) is 36.1 Å². The summed E-state index contributed by atoms with van der Waals surface area (Å²) in [7, 11) is 1.79. The molecule has 0 aromatic carbocycles. The lowest BCUT2D eigenvalue weighted by Gasteiger charge is -2.01. The number of hydrogen-bond donors (Lipinski definition) is 1. The van der Waals surface area contributed by atoms with Gasteiger partial charge in [0.1, 0.15) is 4.60 Å². The molecule has 0 fully saturated rings. The second-order valence-electron chi connectivity index (χ2n) is 3.20. The zero-order valence-corrected chi connectivity index (χ0v) is 10.1. The Morgan fingerprint density at radius 1 is 1.44 bits per heavy atom. The minimum absolute atomic E-state index is 0.223. The van der Waals surface area contributed by atoms with Crippen LogP contribution in [0.15, 0.2) is 35.2 Å². The number of nitrogens with one attached hydrogen (secondary N) is 1. The summed E-state index contributed by atoms with van der Waals surface area (Å²) in [5.74, 6) is 0.300. The molecular weight excluding hydrogens is 272 g/mol. The van der Waals surface area contributed by atoms with Crippen molar-refractivity contribution in [1.82, 2.24) is 14.8 Å². The van der Waals surface area contributed by atoms with Crippen LogP contribution in [0.25, 0.3) is 0 Å². The molecule has 2 aromatic rings. The Balaban J connectivity index is 2.11. The van der Waals surface area contributed by atoms with Gasteiger partial charge in [0, 0.05) is 25.5 Å². The molecule has 0 bridgehead atoms. The zero-order valence-electron chi connectivity index (χ0n) is 8.51. The maximum absolute atomic E-state index is 11.7. The molecule has 0 aliphatic heterocycles. The summed E-state index contributed by atoms with van der Waals surface area (Å²) in [5.41, 5.74) is 0.494. The maximum atomic E-state index is 11.7. The molecule has 5 nitrogen and oxygen atoms in total. The van der Waals surface area contributed by atoms with Crippen LogP contribution in [0.2, 0.25) is 0 Å². The van der Waals surface area contributed by atoms with Crippen molar-refractivity contribution in [2.75, 3.05) is 5.32 Å². The summed E-state index contributed by atoms with van der Waals surface area (Å²) < 4.78 is 2.32. The average Bonchev–Trinajstić information content (AvgIpc) is 2.65. The third kappa shape index (κ3) is 2.46. The van der Waals surface area contributed by atoms with Gasteiger partial charge in [-0.25, -0.2) is 4.98 Å². The molecule has 2 rings (SSSR count). The predicted molar refractivity (Wildman–Crippen MR) is 63.1 cm³/mol. The molecular formula is C10H9BrN4O. The van der Waals surface area contributed by atoms with Crippen molar-refractivity contribution in [3.05, 3.63) is 40.8 Å². The molecule has 0 saturated carbocycles. The first-order valence-electron chi connectivity index (χ1n) is 4.58. The Hall–Kier alpha value is -1.69. The molecule has 0 saturated heterocycles. The second kappa shape index (κ2) is 4.44. The minimum Gasteiger partial charge on any atom is -0.305 e. The van der Waals surface area contributed by atoms with Gasteiger partial charge < -0.3 is 5.32 Å². The van der Waals surface area contributed by atoms with Gasteiger partial charge in [-0.05, 0) is 28.1 Å². The zero-order chi connectivity index (χ0) is 11.5. The number of rotatable bonds is 2. The van der Waals surface area contributed by atoms with Crippen LogP contribution in [0.5, 0.6) is 0 Å². The van der Waals surface area contributed by atoms with E-state index in [4.69, 9.17) is 0 Å². The highest BCUT2D eigenvalue weighted by molar-refractivity contribution is 9.10. The maximum Gasteiger partial charge on any atom is 0.258 e. The molecule has 82 valence electrons. The highest BCUT2D eigenvalue weighted by Gasteiger charge is 2.07. The average molecular weight is 281 g/mol. The fourth-order valence-corrected chi connectivity index (χ4v) is 1.41. The molecule has 0 aliphatic rings. The molecule has 0 unspecified atom stereocenters. The van der Waals surface area contributed by atoms with Crippen LogP contribution in [-0.2, 0) is 7.05 Å². The molecule has 1 amide bonds. The van der Waals surface area contributed by atoms with Crippen LogP contribution in [-0.4, -0.2) is 20.7 Å². The quantitative estimate of drug-likeness (QED) is 0.854. The Bertz CT molecular complexity index is 506. The van der Waals surface area contributed by atoms with E-state index < -0.39 is 0 Å². The van der Waals surface area contributed by atoms with E-state index in [0.717, 1.165) is 0 Å². The van der Waals surface area contributed by atoms with Crippen LogP contribution in [0, 0.1) is 0 Å². The topological polar surface area (TPSA) is 59.8 Å². The van der Waals surface area contributed by atoms with Crippen LogP contribution in [0.3, 0.4) is 0 Å². The van der Waals surface area contributed by atoms with Gasteiger partial charge in [-0.3, -0.25) is 9.48 Å². The number of carbonyl (C=O) groups excluding carboxylic acids is 1. The van der Waals surface area contributed by atoms with Gasteiger partial charge in [-0.1, -0.05) is 0 Å². The van der Waals surface area contributed by atoms with E-state index in [1.807, 2.05) is 0 Å². The number of hydrogen-bond acceptors (Lipinski definition) is 3. The first-order valence-corrected chi connectivity index (χ1v) is 5.37. The molecule has 0 spiro atoms. The van der Waals surface area contributed by atoms with Gasteiger partial charge in [-0.15, -0.1) is 0 Å². The van der Waals surface area contributed by atoms with Crippen molar-refractivity contribution in [3.63, 3.8) is 0 Å². The summed E-state index contributed by atoms with van der Waals surface area (Å²) in [6.07, 6.45) is 3.26. The van der Waals surface area contributed by atoms with E-state index in [1.165, 1.54) is 6.20 Å². The number of pyridine rings is 1. The summed E-state index contributed by atoms with van der Waals surface area (Å²) in [6, 6.07) is 5.13. The van der Waals surface area contributed by atoms with Gasteiger partial charge in [0.05, 0.1) is 5.56 Å². The monoisotopic (exact) mass is 280 g/mol.